The van der Waals surface area contributed by atoms with E-state index in [1.165, 1.54) is 6.07 Å². The third-order valence-electron chi connectivity index (χ3n) is 6.86. The summed E-state index contributed by atoms with van der Waals surface area (Å²) in [5.74, 6) is 0.566. The van der Waals surface area contributed by atoms with Crippen molar-refractivity contribution in [2.75, 3.05) is 0 Å². The Hall–Kier alpha value is -4.47. The first-order valence-corrected chi connectivity index (χ1v) is 12.4. The van der Waals surface area contributed by atoms with Gasteiger partial charge in [0, 0.05) is 43.1 Å². The normalized spacial score (nSPS) is 14.5. The number of hydrogen-bond donors (Lipinski definition) is 2. The smallest absolute Gasteiger partial charge is 0.434 e. The van der Waals surface area contributed by atoms with Crippen LogP contribution in [0.3, 0.4) is 0 Å². The van der Waals surface area contributed by atoms with Crippen molar-refractivity contribution in [1.29, 1.82) is 0 Å². The van der Waals surface area contributed by atoms with E-state index in [9.17, 15) is 19.1 Å². The lowest BCUT2D eigenvalue weighted by atomic mass is 9.99. The number of halogens is 1. The van der Waals surface area contributed by atoms with Crippen LogP contribution in [0.1, 0.15) is 51.8 Å². The number of aryl methyl sites for hydroxylation is 3. The molecule has 1 saturated carbocycles. The van der Waals surface area contributed by atoms with Crippen LogP contribution in [-0.4, -0.2) is 35.8 Å². The molecule has 0 saturated heterocycles. The van der Waals surface area contributed by atoms with Crippen molar-refractivity contribution in [3.63, 3.8) is 0 Å². The molecule has 9 nitrogen and oxygen atoms in total. The molecule has 1 aliphatic rings. The maximum Gasteiger partial charge on any atom is 0.434 e. The van der Waals surface area contributed by atoms with Crippen molar-refractivity contribution in [3.05, 3.63) is 101 Å². The quantitative estimate of drug-likeness (QED) is 0.382. The third kappa shape index (κ3) is 5.29. The second-order valence-corrected chi connectivity index (χ2v) is 9.76. The maximum atomic E-state index is 13.9. The lowest BCUT2D eigenvalue weighted by Gasteiger charge is -2.20. The Kier molecular flexibility index (Phi) is 6.71. The second kappa shape index (κ2) is 10.1. The van der Waals surface area contributed by atoms with E-state index in [4.69, 9.17) is 0 Å². The SMILES string of the molecule is Cc1cc(C(NC(=O)c2cc(Cn3ccn(C)c3=NC(=O)O)cc(-n3ccnc3C)c2)C2CC2)ccc1F. The van der Waals surface area contributed by atoms with Crippen LogP contribution in [0.15, 0.2) is 66.2 Å². The molecular weight excluding hydrogens is 487 g/mol. The van der Waals surface area contributed by atoms with Crippen LogP contribution < -0.4 is 10.9 Å². The molecule has 4 aromatic rings. The highest BCUT2D eigenvalue weighted by atomic mass is 19.1. The molecule has 38 heavy (non-hydrogen) atoms. The molecule has 0 bridgehead atoms. The Balaban J connectivity index is 1.52. The average molecular weight is 517 g/mol. The van der Waals surface area contributed by atoms with Gasteiger partial charge in [-0.1, -0.05) is 12.1 Å². The minimum Gasteiger partial charge on any atom is -0.463 e. The summed E-state index contributed by atoms with van der Waals surface area (Å²) in [4.78, 5) is 32.9. The summed E-state index contributed by atoms with van der Waals surface area (Å²) in [5, 5.41) is 12.4. The molecule has 2 heterocycles. The number of aromatic nitrogens is 4. The van der Waals surface area contributed by atoms with Gasteiger partial charge in [-0.15, -0.1) is 4.99 Å². The minimum atomic E-state index is -1.29. The van der Waals surface area contributed by atoms with Gasteiger partial charge in [0.25, 0.3) is 5.91 Å². The van der Waals surface area contributed by atoms with Crippen molar-refractivity contribution in [2.24, 2.45) is 18.0 Å². The summed E-state index contributed by atoms with van der Waals surface area (Å²) < 4.78 is 19.1. The molecule has 1 unspecified atom stereocenters. The van der Waals surface area contributed by atoms with E-state index in [2.05, 4.69) is 15.3 Å². The molecule has 5 rings (SSSR count). The van der Waals surface area contributed by atoms with Crippen LogP contribution >= 0.6 is 0 Å². The zero-order chi connectivity index (χ0) is 27.0. The zero-order valence-corrected chi connectivity index (χ0v) is 21.4. The van der Waals surface area contributed by atoms with E-state index < -0.39 is 6.09 Å². The molecule has 2 aromatic heterocycles. The summed E-state index contributed by atoms with van der Waals surface area (Å²) in [6, 6.07) is 10.3. The molecule has 0 spiro atoms. The Morgan fingerprint density at radius 2 is 1.95 bits per heavy atom. The number of benzene rings is 2. The summed E-state index contributed by atoms with van der Waals surface area (Å²) in [6.07, 6.45) is 7.71. The van der Waals surface area contributed by atoms with Gasteiger partial charge in [-0.25, -0.2) is 14.2 Å². The minimum absolute atomic E-state index is 0.214. The molecule has 1 atom stereocenters. The Labute approximate surface area is 218 Å². The Morgan fingerprint density at radius 3 is 2.61 bits per heavy atom. The number of carboxylic acid groups (broad SMARTS) is 1. The van der Waals surface area contributed by atoms with Gasteiger partial charge in [-0.2, -0.15) is 0 Å². The van der Waals surface area contributed by atoms with Gasteiger partial charge in [0.15, 0.2) is 0 Å². The molecule has 2 aromatic carbocycles. The predicted molar refractivity (Wildman–Crippen MR) is 138 cm³/mol. The van der Waals surface area contributed by atoms with Crippen LogP contribution in [-0.2, 0) is 13.6 Å². The molecule has 196 valence electrons. The monoisotopic (exact) mass is 516 g/mol. The largest absolute Gasteiger partial charge is 0.463 e. The van der Waals surface area contributed by atoms with Crippen molar-refractivity contribution < 1.29 is 19.1 Å². The first kappa shape index (κ1) is 25.2. The van der Waals surface area contributed by atoms with Gasteiger partial charge in [-0.3, -0.25) is 4.79 Å². The molecular formula is C28H29FN6O3. The van der Waals surface area contributed by atoms with Gasteiger partial charge in [0.2, 0.25) is 5.62 Å². The fraction of sp³-hybridized carbons (Fsp3) is 0.286. The maximum absolute atomic E-state index is 13.9. The highest BCUT2D eigenvalue weighted by Crippen LogP contribution is 2.41. The van der Waals surface area contributed by atoms with E-state index in [1.807, 2.05) is 29.8 Å². The summed E-state index contributed by atoms with van der Waals surface area (Å²) in [5.41, 5.74) is 3.72. The topological polar surface area (TPSA) is 106 Å². The predicted octanol–water partition coefficient (Wildman–Crippen LogP) is 4.28. The van der Waals surface area contributed by atoms with Crippen LogP contribution in [0.5, 0.6) is 0 Å². The number of nitrogens with one attached hydrogen (secondary N) is 1. The molecule has 1 aliphatic carbocycles. The van der Waals surface area contributed by atoms with E-state index in [1.54, 1.807) is 59.9 Å². The standard InChI is InChI=1S/C28H29FN6O3/c1-17-12-21(6-7-24(17)29)25(20-4-5-20)31-26(36)22-13-19(14-23(15-22)35-9-8-30-18(35)2)16-34-11-10-33(3)27(34)32-28(37)38/h6-15,20,25H,4-5,16H2,1-3H3,(H,31,36)(H,37,38). The number of nitrogens with zero attached hydrogens (tertiary/aromatic N) is 5. The lowest BCUT2D eigenvalue weighted by Crippen LogP contribution is -2.30. The van der Waals surface area contributed by atoms with Gasteiger partial charge >= 0.3 is 6.09 Å². The first-order valence-electron chi connectivity index (χ1n) is 12.4. The van der Waals surface area contributed by atoms with Crippen LogP contribution in [0.25, 0.3) is 5.69 Å². The zero-order valence-electron chi connectivity index (χ0n) is 21.4. The van der Waals surface area contributed by atoms with E-state index in [0.717, 1.165) is 35.5 Å². The third-order valence-corrected chi connectivity index (χ3v) is 6.86. The van der Waals surface area contributed by atoms with E-state index in [0.29, 0.717) is 23.6 Å². The van der Waals surface area contributed by atoms with Gasteiger partial charge in [0.1, 0.15) is 11.6 Å². The van der Waals surface area contributed by atoms with Crippen molar-refractivity contribution in [3.8, 4) is 5.69 Å². The average Bonchev–Trinajstić information content (AvgIpc) is 3.55. The van der Waals surface area contributed by atoms with E-state index >= 15 is 0 Å². The number of carbonyl (C=O) groups is 2. The van der Waals surface area contributed by atoms with Crippen molar-refractivity contribution >= 4 is 12.0 Å². The van der Waals surface area contributed by atoms with Crippen molar-refractivity contribution in [1.82, 2.24) is 24.0 Å². The van der Waals surface area contributed by atoms with Gasteiger partial charge in [-0.05, 0) is 73.6 Å². The number of hydrogen-bond acceptors (Lipinski definition) is 3. The highest BCUT2D eigenvalue weighted by Gasteiger charge is 2.34. The summed E-state index contributed by atoms with van der Waals surface area (Å²) in [7, 11) is 1.72. The number of carbonyl (C=O) groups excluding carboxylic acids is 1. The van der Waals surface area contributed by atoms with E-state index in [-0.39, 0.29) is 23.4 Å². The fourth-order valence-corrected chi connectivity index (χ4v) is 4.74. The Morgan fingerprint density at radius 1 is 1.16 bits per heavy atom. The summed E-state index contributed by atoms with van der Waals surface area (Å²) in [6.45, 7) is 3.90. The van der Waals surface area contributed by atoms with Gasteiger partial charge < -0.3 is 24.1 Å². The molecule has 2 amide bonds. The highest BCUT2D eigenvalue weighted by molar-refractivity contribution is 5.95. The Bertz CT molecular complexity index is 1590. The number of rotatable bonds is 7. The van der Waals surface area contributed by atoms with Gasteiger partial charge in [0.05, 0.1) is 12.6 Å². The lowest BCUT2D eigenvalue weighted by molar-refractivity contribution is 0.0931. The van der Waals surface area contributed by atoms with Crippen molar-refractivity contribution in [2.45, 2.75) is 39.3 Å². The molecule has 2 N–H and O–H groups in total. The second-order valence-electron chi connectivity index (χ2n) is 9.76. The summed E-state index contributed by atoms with van der Waals surface area (Å²) >= 11 is 0. The fourth-order valence-electron chi connectivity index (χ4n) is 4.74. The number of amides is 2. The van der Waals surface area contributed by atoms with Crippen LogP contribution in [0, 0.1) is 25.6 Å². The van der Waals surface area contributed by atoms with Crippen LogP contribution in [0.4, 0.5) is 9.18 Å². The molecule has 0 radical (unpaired) electrons. The molecule has 0 aliphatic heterocycles. The number of imidazole rings is 2. The molecule has 10 heteroatoms. The van der Waals surface area contributed by atoms with Crippen LogP contribution in [0.2, 0.25) is 0 Å². The molecule has 1 fully saturated rings. The first-order chi connectivity index (χ1) is 18.2.